The summed E-state index contributed by atoms with van der Waals surface area (Å²) in [5.41, 5.74) is 5.19. The van der Waals surface area contributed by atoms with E-state index in [0.29, 0.717) is 30.2 Å². The fourth-order valence-electron chi connectivity index (χ4n) is 4.30. The number of methoxy groups -OCH3 is 1. The van der Waals surface area contributed by atoms with E-state index in [4.69, 9.17) is 0 Å². The number of nitrogens with one attached hydrogen (secondary N) is 2. The van der Waals surface area contributed by atoms with E-state index in [1.807, 2.05) is 54.9 Å². The summed E-state index contributed by atoms with van der Waals surface area (Å²) in [7, 11) is 5.28. The molecule has 0 atom stereocenters. The highest BCUT2D eigenvalue weighted by Crippen LogP contribution is 2.28. The molecule has 1 amide bonds. The summed E-state index contributed by atoms with van der Waals surface area (Å²) in [6, 6.07) is 13.6. The van der Waals surface area contributed by atoms with Crippen molar-refractivity contribution in [3.63, 3.8) is 0 Å². The van der Waals surface area contributed by atoms with Crippen LogP contribution < -0.4 is 15.5 Å². The number of hydrogen-bond acceptors (Lipinski definition) is 8. The van der Waals surface area contributed by atoms with Crippen molar-refractivity contribution in [1.82, 2.24) is 25.1 Å². The second-order valence-electron chi connectivity index (χ2n) is 9.51. The molecule has 0 aliphatic rings. The van der Waals surface area contributed by atoms with Gasteiger partial charge in [-0.05, 0) is 68.7 Å². The van der Waals surface area contributed by atoms with Crippen molar-refractivity contribution in [2.24, 2.45) is 7.05 Å². The Bertz CT molecular complexity index is 1480. The van der Waals surface area contributed by atoms with Gasteiger partial charge in [0.2, 0.25) is 5.95 Å². The van der Waals surface area contributed by atoms with Gasteiger partial charge >= 0.3 is 5.97 Å². The third-order valence-corrected chi connectivity index (χ3v) is 6.80. The number of carbonyl (C=O) groups excluding carboxylic acids is 2. The molecule has 2 heterocycles. The number of rotatable bonds is 11. The maximum absolute atomic E-state index is 12.8. The van der Waals surface area contributed by atoms with Crippen molar-refractivity contribution >= 4 is 45.9 Å². The molecule has 10 nitrogen and oxygen atoms in total. The second-order valence-corrected chi connectivity index (χ2v) is 9.51. The average Bonchev–Trinajstić information content (AvgIpc) is 3.23. The summed E-state index contributed by atoms with van der Waals surface area (Å²) in [6.45, 7) is 4.50. The Morgan fingerprint density at radius 2 is 1.87 bits per heavy atom. The lowest BCUT2D eigenvalue weighted by molar-refractivity contribution is -0.140. The number of carbonyl (C=O) groups is 2. The van der Waals surface area contributed by atoms with Crippen LogP contribution in [-0.2, 0) is 16.6 Å². The standard InChI is InChI=1S/C29H35N7O3/c1-19-10-11-21(17-24(19)28(38)30-15-8-6-7-9-27(37)39-5)32-29-31-16-14-26(33-29)35(3)22-12-13-23-20(2)36(4)34-25(23)18-22/h10-14,16-18H,6-9,15H2,1-5H3,(H,30,38)(H,31,32,33). The van der Waals surface area contributed by atoms with Crippen molar-refractivity contribution in [2.75, 3.05) is 30.9 Å². The van der Waals surface area contributed by atoms with E-state index in [0.717, 1.165) is 52.9 Å². The summed E-state index contributed by atoms with van der Waals surface area (Å²) >= 11 is 0. The lowest BCUT2D eigenvalue weighted by atomic mass is 10.1. The van der Waals surface area contributed by atoms with Crippen LogP contribution in [0.2, 0.25) is 0 Å². The number of nitrogens with zero attached hydrogens (tertiary/aromatic N) is 5. The van der Waals surface area contributed by atoms with Crippen molar-refractivity contribution in [3.8, 4) is 0 Å². The summed E-state index contributed by atoms with van der Waals surface area (Å²) in [6.07, 6.45) is 4.48. The van der Waals surface area contributed by atoms with E-state index in [2.05, 4.69) is 49.5 Å². The minimum absolute atomic E-state index is 0.140. The number of esters is 1. The third-order valence-electron chi connectivity index (χ3n) is 6.80. The number of unbranched alkanes of at least 4 members (excludes halogenated alkanes) is 2. The predicted octanol–water partition coefficient (Wildman–Crippen LogP) is 4.95. The molecule has 2 aromatic carbocycles. The van der Waals surface area contributed by atoms with Crippen LogP contribution in [-0.4, -0.2) is 52.3 Å². The number of fused-ring (bicyclic) bond motifs is 1. The van der Waals surface area contributed by atoms with Crippen LogP contribution in [0.3, 0.4) is 0 Å². The lowest BCUT2D eigenvalue weighted by Crippen LogP contribution is -2.25. The molecular formula is C29H35N7O3. The van der Waals surface area contributed by atoms with Gasteiger partial charge < -0.3 is 20.3 Å². The summed E-state index contributed by atoms with van der Waals surface area (Å²) in [4.78, 5) is 35.1. The topological polar surface area (TPSA) is 114 Å². The molecule has 0 bridgehead atoms. The zero-order valence-electron chi connectivity index (χ0n) is 23.1. The fourth-order valence-corrected chi connectivity index (χ4v) is 4.30. The van der Waals surface area contributed by atoms with E-state index >= 15 is 0 Å². The quantitative estimate of drug-likeness (QED) is 0.207. The summed E-state index contributed by atoms with van der Waals surface area (Å²) < 4.78 is 6.53. The summed E-state index contributed by atoms with van der Waals surface area (Å²) in [5, 5.41) is 11.9. The lowest BCUT2D eigenvalue weighted by Gasteiger charge is -2.19. The van der Waals surface area contributed by atoms with Gasteiger partial charge in [-0.15, -0.1) is 0 Å². The molecule has 0 aliphatic heterocycles. The van der Waals surface area contributed by atoms with Crippen LogP contribution in [0, 0.1) is 13.8 Å². The monoisotopic (exact) mass is 529 g/mol. The average molecular weight is 530 g/mol. The van der Waals surface area contributed by atoms with Crippen molar-refractivity contribution in [2.45, 2.75) is 39.5 Å². The van der Waals surface area contributed by atoms with E-state index in [-0.39, 0.29) is 11.9 Å². The van der Waals surface area contributed by atoms with Gasteiger partial charge in [0, 0.05) is 61.3 Å². The fraction of sp³-hybridized carbons (Fsp3) is 0.345. The van der Waals surface area contributed by atoms with Gasteiger partial charge in [-0.25, -0.2) is 4.98 Å². The molecule has 39 heavy (non-hydrogen) atoms. The van der Waals surface area contributed by atoms with Crippen LogP contribution in [0.25, 0.3) is 10.9 Å². The van der Waals surface area contributed by atoms with E-state index < -0.39 is 0 Å². The largest absolute Gasteiger partial charge is 0.469 e. The molecule has 0 aliphatic carbocycles. The van der Waals surface area contributed by atoms with Crippen LogP contribution in [0.5, 0.6) is 0 Å². The van der Waals surface area contributed by atoms with Gasteiger partial charge in [0.05, 0.1) is 12.6 Å². The van der Waals surface area contributed by atoms with Crippen molar-refractivity contribution in [1.29, 1.82) is 0 Å². The van der Waals surface area contributed by atoms with E-state index in [1.54, 1.807) is 12.3 Å². The maximum atomic E-state index is 12.8. The highest BCUT2D eigenvalue weighted by molar-refractivity contribution is 5.96. The Balaban J connectivity index is 1.40. The Morgan fingerprint density at radius 1 is 1.05 bits per heavy atom. The Kier molecular flexibility index (Phi) is 8.75. The van der Waals surface area contributed by atoms with Gasteiger partial charge in [0.25, 0.3) is 5.91 Å². The number of ether oxygens (including phenoxy) is 1. The second kappa shape index (κ2) is 12.4. The smallest absolute Gasteiger partial charge is 0.305 e. The van der Waals surface area contributed by atoms with Crippen LogP contribution in [0.15, 0.2) is 48.7 Å². The van der Waals surface area contributed by atoms with E-state index in [9.17, 15) is 9.59 Å². The highest BCUT2D eigenvalue weighted by Gasteiger charge is 2.13. The van der Waals surface area contributed by atoms with Crippen LogP contribution in [0.4, 0.5) is 23.1 Å². The number of aryl methyl sites for hydroxylation is 3. The molecule has 0 unspecified atom stereocenters. The number of aromatic nitrogens is 4. The SMILES string of the molecule is COC(=O)CCCCCNC(=O)c1cc(Nc2nccc(N(C)c3ccc4c(C)n(C)nc4c3)n2)ccc1C. The van der Waals surface area contributed by atoms with Gasteiger partial charge in [0.15, 0.2) is 0 Å². The predicted molar refractivity (Wildman–Crippen MR) is 153 cm³/mol. The van der Waals surface area contributed by atoms with Crippen LogP contribution >= 0.6 is 0 Å². The normalized spacial score (nSPS) is 10.9. The van der Waals surface area contributed by atoms with Crippen LogP contribution in [0.1, 0.15) is 47.3 Å². The summed E-state index contributed by atoms with van der Waals surface area (Å²) in [5.74, 6) is 0.798. The Morgan fingerprint density at radius 3 is 2.67 bits per heavy atom. The molecule has 0 fully saturated rings. The van der Waals surface area contributed by atoms with Gasteiger partial charge in [0.1, 0.15) is 5.82 Å². The zero-order valence-corrected chi connectivity index (χ0v) is 23.1. The number of hydrogen-bond donors (Lipinski definition) is 2. The van der Waals surface area contributed by atoms with Gasteiger partial charge in [-0.1, -0.05) is 12.5 Å². The maximum Gasteiger partial charge on any atom is 0.305 e. The first-order valence-electron chi connectivity index (χ1n) is 13.0. The number of anilines is 4. The molecule has 10 heteroatoms. The van der Waals surface area contributed by atoms with Crippen molar-refractivity contribution in [3.05, 3.63) is 65.5 Å². The first kappa shape index (κ1) is 27.6. The number of benzene rings is 2. The molecule has 204 valence electrons. The number of amides is 1. The molecule has 0 radical (unpaired) electrons. The highest BCUT2D eigenvalue weighted by atomic mass is 16.5. The minimum atomic E-state index is -0.207. The molecule has 4 rings (SSSR count). The molecule has 0 spiro atoms. The molecule has 0 saturated heterocycles. The molecule has 0 saturated carbocycles. The Labute approximate surface area is 228 Å². The van der Waals surface area contributed by atoms with Gasteiger partial charge in [-0.2, -0.15) is 10.1 Å². The zero-order chi connectivity index (χ0) is 27.9. The molecule has 4 aromatic rings. The molecular weight excluding hydrogens is 494 g/mol. The first-order chi connectivity index (χ1) is 18.8. The minimum Gasteiger partial charge on any atom is -0.469 e. The third kappa shape index (κ3) is 6.70. The van der Waals surface area contributed by atoms with E-state index in [1.165, 1.54) is 7.11 Å². The molecule has 2 N–H and O–H groups in total. The Hall–Kier alpha value is -4.47. The first-order valence-corrected chi connectivity index (χ1v) is 13.0. The molecule has 2 aromatic heterocycles. The van der Waals surface area contributed by atoms with Gasteiger partial charge in [-0.3, -0.25) is 14.3 Å². The van der Waals surface area contributed by atoms with Crippen molar-refractivity contribution < 1.29 is 14.3 Å².